The van der Waals surface area contributed by atoms with Crippen molar-refractivity contribution in [3.63, 3.8) is 0 Å². The van der Waals surface area contributed by atoms with E-state index >= 15 is 0 Å². The zero-order valence-electron chi connectivity index (χ0n) is 15.0. The van der Waals surface area contributed by atoms with E-state index in [0.29, 0.717) is 30.4 Å². The topological polar surface area (TPSA) is 66.0 Å². The maximum Gasteiger partial charge on any atom is 0.244 e. The standard InChI is InChI=1S/C18H27NO5/c1-13(2)24-12-6-11-19-16(20)10-8-14-7-9-15(21-3)18(23-5)17(14)22-4/h7-10,13H,6,11-12H2,1-5H3,(H,19,20). The molecule has 0 unspecified atom stereocenters. The fraction of sp³-hybridized carbons (Fsp3) is 0.500. The van der Waals surface area contributed by atoms with Gasteiger partial charge in [0.15, 0.2) is 11.5 Å². The lowest BCUT2D eigenvalue weighted by molar-refractivity contribution is -0.116. The van der Waals surface area contributed by atoms with Gasteiger partial charge in [-0.3, -0.25) is 4.79 Å². The Bertz CT molecular complexity index is 555. The smallest absolute Gasteiger partial charge is 0.244 e. The molecule has 0 fully saturated rings. The number of amides is 1. The van der Waals surface area contributed by atoms with E-state index < -0.39 is 0 Å². The van der Waals surface area contributed by atoms with Gasteiger partial charge in [-0.15, -0.1) is 0 Å². The third-order valence-corrected chi connectivity index (χ3v) is 3.22. The van der Waals surface area contributed by atoms with Crippen LogP contribution in [0.3, 0.4) is 0 Å². The largest absolute Gasteiger partial charge is 0.493 e. The Labute approximate surface area is 143 Å². The third-order valence-electron chi connectivity index (χ3n) is 3.22. The highest BCUT2D eigenvalue weighted by Crippen LogP contribution is 2.40. The molecule has 0 aliphatic heterocycles. The fourth-order valence-corrected chi connectivity index (χ4v) is 2.08. The first-order valence-corrected chi connectivity index (χ1v) is 7.90. The first kappa shape index (κ1) is 19.8. The Balaban J connectivity index is 2.64. The second-order valence-electron chi connectivity index (χ2n) is 5.32. The predicted octanol–water partition coefficient (Wildman–Crippen LogP) is 2.66. The van der Waals surface area contributed by atoms with Crippen LogP contribution < -0.4 is 19.5 Å². The molecule has 0 aliphatic rings. The van der Waals surface area contributed by atoms with Gasteiger partial charge in [0.1, 0.15) is 0 Å². The first-order valence-electron chi connectivity index (χ1n) is 7.90. The summed E-state index contributed by atoms with van der Waals surface area (Å²) in [7, 11) is 4.65. The summed E-state index contributed by atoms with van der Waals surface area (Å²) < 4.78 is 21.3. The van der Waals surface area contributed by atoms with Gasteiger partial charge in [0, 0.05) is 24.8 Å². The molecule has 0 bridgehead atoms. The normalized spacial score (nSPS) is 10.9. The molecule has 0 saturated carbocycles. The number of hydrogen-bond acceptors (Lipinski definition) is 5. The Hall–Kier alpha value is -2.21. The van der Waals surface area contributed by atoms with Gasteiger partial charge in [-0.25, -0.2) is 0 Å². The van der Waals surface area contributed by atoms with Crippen molar-refractivity contribution >= 4 is 12.0 Å². The lowest BCUT2D eigenvalue weighted by Gasteiger charge is -2.14. The first-order chi connectivity index (χ1) is 11.5. The molecule has 6 heteroatoms. The van der Waals surface area contributed by atoms with Gasteiger partial charge in [0.25, 0.3) is 0 Å². The second-order valence-corrected chi connectivity index (χ2v) is 5.32. The second kappa shape index (κ2) is 10.5. The van der Waals surface area contributed by atoms with Crippen molar-refractivity contribution in [3.05, 3.63) is 23.8 Å². The van der Waals surface area contributed by atoms with E-state index in [9.17, 15) is 4.79 Å². The number of rotatable bonds is 10. The van der Waals surface area contributed by atoms with Crippen LogP contribution in [0.25, 0.3) is 6.08 Å². The minimum Gasteiger partial charge on any atom is -0.493 e. The SMILES string of the molecule is COc1ccc(C=CC(=O)NCCCOC(C)C)c(OC)c1OC. The number of hydrogen-bond donors (Lipinski definition) is 1. The van der Waals surface area contributed by atoms with Crippen LogP contribution in [-0.4, -0.2) is 46.5 Å². The molecule has 6 nitrogen and oxygen atoms in total. The van der Waals surface area contributed by atoms with Crippen molar-refractivity contribution in [2.24, 2.45) is 0 Å². The number of nitrogens with one attached hydrogen (secondary N) is 1. The van der Waals surface area contributed by atoms with E-state index in [0.717, 1.165) is 12.0 Å². The van der Waals surface area contributed by atoms with Crippen molar-refractivity contribution in [2.45, 2.75) is 26.4 Å². The van der Waals surface area contributed by atoms with Gasteiger partial charge >= 0.3 is 0 Å². The van der Waals surface area contributed by atoms with Crippen LogP contribution in [0.2, 0.25) is 0 Å². The number of methoxy groups -OCH3 is 3. The average molecular weight is 337 g/mol. The number of carbonyl (C=O) groups excluding carboxylic acids is 1. The highest BCUT2D eigenvalue weighted by atomic mass is 16.5. The Kier molecular flexibility index (Phi) is 8.71. The van der Waals surface area contributed by atoms with Gasteiger partial charge in [0.2, 0.25) is 11.7 Å². The summed E-state index contributed by atoms with van der Waals surface area (Å²) in [6.07, 6.45) is 4.13. The molecule has 1 rings (SSSR count). The molecule has 1 aromatic rings. The van der Waals surface area contributed by atoms with Crippen LogP contribution in [0.1, 0.15) is 25.8 Å². The molecule has 1 amide bonds. The Morgan fingerprint density at radius 1 is 1.12 bits per heavy atom. The summed E-state index contributed by atoms with van der Waals surface area (Å²) in [6, 6.07) is 3.57. The van der Waals surface area contributed by atoms with E-state index in [1.165, 1.54) is 6.08 Å². The van der Waals surface area contributed by atoms with Gasteiger partial charge in [-0.1, -0.05) is 0 Å². The van der Waals surface area contributed by atoms with Crippen molar-refractivity contribution in [2.75, 3.05) is 34.5 Å². The monoisotopic (exact) mass is 337 g/mol. The van der Waals surface area contributed by atoms with E-state index in [-0.39, 0.29) is 12.0 Å². The molecule has 1 aromatic carbocycles. The van der Waals surface area contributed by atoms with Crippen LogP contribution >= 0.6 is 0 Å². The van der Waals surface area contributed by atoms with Crippen molar-refractivity contribution in [1.29, 1.82) is 0 Å². The van der Waals surface area contributed by atoms with E-state index in [1.54, 1.807) is 39.5 Å². The Morgan fingerprint density at radius 3 is 2.42 bits per heavy atom. The highest BCUT2D eigenvalue weighted by molar-refractivity contribution is 5.92. The van der Waals surface area contributed by atoms with Crippen molar-refractivity contribution < 1.29 is 23.7 Å². The zero-order valence-corrected chi connectivity index (χ0v) is 15.0. The number of benzene rings is 1. The van der Waals surface area contributed by atoms with Gasteiger partial charge in [-0.2, -0.15) is 0 Å². The minimum absolute atomic E-state index is 0.170. The summed E-state index contributed by atoms with van der Waals surface area (Å²) in [4.78, 5) is 11.9. The maximum absolute atomic E-state index is 11.9. The van der Waals surface area contributed by atoms with E-state index in [2.05, 4.69) is 5.32 Å². The molecule has 1 N–H and O–H groups in total. The number of carbonyl (C=O) groups is 1. The summed E-state index contributed by atoms with van der Waals surface area (Å²) >= 11 is 0. The van der Waals surface area contributed by atoms with Crippen LogP contribution in [0, 0.1) is 0 Å². The molecule has 0 saturated heterocycles. The van der Waals surface area contributed by atoms with Crippen molar-refractivity contribution in [1.82, 2.24) is 5.32 Å². The summed E-state index contributed by atoms with van der Waals surface area (Å²) in [5.41, 5.74) is 0.730. The molecular formula is C18H27NO5. The van der Waals surface area contributed by atoms with Crippen LogP contribution in [-0.2, 0) is 9.53 Å². The van der Waals surface area contributed by atoms with Crippen LogP contribution in [0.5, 0.6) is 17.2 Å². The molecule has 134 valence electrons. The molecule has 0 spiro atoms. The average Bonchev–Trinajstić information content (AvgIpc) is 2.58. The summed E-state index contributed by atoms with van der Waals surface area (Å²) in [6.45, 7) is 5.17. The van der Waals surface area contributed by atoms with Crippen molar-refractivity contribution in [3.8, 4) is 17.2 Å². The summed E-state index contributed by atoms with van der Waals surface area (Å²) in [5.74, 6) is 1.41. The van der Waals surface area contributed by atoms with Crippen LogP contribution in [0.4, 0.5) is 0 Å². The lowest BCUT2D eigenvalue weighted by Crippen LogP contribution is -2.23. The van der Waals surface area contributed by atoms with E-state index in [4.69, 9.17) is 18.9 Å². The zero-order chi connectivity index (χ0) is 17.9. The van der Waals surface area contributed by atoms with Gasteiger partial charge < -0.3 is 24.3 Å². The third kappa shape index (κ3) is 6.12. The lowest BCUT2D eigenvalue weighted by atomic mass is 10.1. The highest BCUT2D eigenvalue weighted by Gasteiger charge is 2.14. The van der Waals surface area contributed by atoms with Gasteiger partial charge in [0.05, 0.1) is 27.4 Å². The molecular weight excluding hydrogens is 310 g/mol. The molecule has 0 aliphatic carbocycles. The molecule has 0 radical (unpaired) electrons. The molecule has 0 atom stereocenters. The van der Waals surface area contributed by atoms with Gasteiger partial charge in [-0.05, 0) is 38.5 Å². The molecule has 0 aromatic heterocycles. The number of ether oxygens (including phenoxy) is 4. The van der Waals surface area contributed by atoms with Crippen LogP contribution in [0.15, 0.2) is 18.2 Å². The quantitative estimate of drug-likeness (QED) is 0.525. The molecule has 0 heterocycles. The predicted molar refractivity (Wildman–Crippen MR) is 93.8 cm³/mol. The van der Waals surface area contributed by atoms with E-state index in [1.807, 2.05) is 13.8 Å². The maximum atomic E-state index is 11.9. The minimum atomic E-state index is -0.170. The Morgan fingerprint density at radius 2 is 1.83 bits per heavy atom. The molecule has 24 heavy (non-hydrogen) atoms. The fourth-order valence-electron chi connectivity index (χ4n) is 2.08. The summed E-state index contributed by atoms with van der Waals surface area (Å²) in [5, 5.41) is 2.81.